The molecule has 0 saturated heterocycles. The van der Waals surface area contributed by atoms with Crippen molar-refractivity contribution in [3.63, 3.8) is 0 Å². The molecule has 0 saturated carbocycles. The van der Waals surface area contributed by atoms with Gasteiger partial charge in [-0.25, -0.2) is 4.79 Å². The average molecular weight is 430 g/mol. The molecule has 0 aliphatic heterocycles. The Balaban J connectivity index is 2.11. The molecular weight excluding hydrogens is 408 g/mol. The van der Waals surface area contributed by atoms with Crippen molar-refractivity contribution in [3.05, 3.63) is 64.7 Å². The minimum Gasteiger partial charge on any atom is -0.495 e. The lowest BCUT2D eigenvalue weighted by Crippen LogP contribution is -2.30. The normalized spacial score (nSPS) is 11.1. The van der Waals surface area contributed by atoms with Crippen molar-refractivity contribution < 1.29 is 33.5 Å². The molecule has 0 aliphatic rings. The molecule has 1 unspecified atom stereocenters. The van der Waals surface area contributed by atoms with Gasteiger partial charge in [-0.3, -0.25) is 14.9 Å². The maximum absolute atomic E-state index is 12.5. The van der Waals surface area contributed by atoms with Gasteiger partial charge in [0.2, 0.25) is 0 Å². The molecule has 164 valence electrons. The first kappa shape index (κ1) is 23.2. The standard InChI is InChI=1S/C21H22N2O8/c1-5-10-30-18-8-6-14(11-19(18)29-4)21(25)31-13(2)20(24)22-16-12-15(23(26)27)7-9-17(16)28-3/h5-9,11-13H,1,10H2,2-4H3,(H,22,24). The summed E-state index contributed by atoms with van der Waals surface area (Å²) < 4.78 is 20.9. The van der Waals surface area contributed by atoms with Crippen molar-refractivity contribution in [2.24, 2.45) is 0 Å². The van der Waals surface area contributed by atoms with Gasteiger partial charge < -0.3 is 24.3 Å². The first-order chi connectivity index (χ1) is 14.8. The lowest BCUT2D eigenvalue weighted by Gasteiger charge is -2.16. The van der Waals surface area contributed by atoms with Crippen LogP contribution in [0, 0.1) is 10.1 Å². The van der Waals surface area contributed by atoms with Gasteiger partial charge in [-0.1, -0.05) is 12.7 Å². The Labute approximate surface area is 178 Å². The third-order valence-electron chi connectivity index (χ3n) is 4.06. The van der Waals surface area contributed by atoms with Crippen molar-refractivity contribution >= 4 is 23.3 Å². The molecule has 2 aromatic rings. The van der Waals surface area contributed by atoms with Crippen LogP contribution >= 0.6 is 0 Å². The number of hydrogen-bond acceptors (Lipinski definition) is 8. The number of nitrogens with zero attached hydrogens (tertiary/aromatic N) is 1. The smallest absolute Gasteiger partial charge is 0.339 e. The number of methoxy groups -OCH3 is 2. The molecule has 1 atom stereocenters. The van der Waals surface area contributed by atoms with E-state index >= 15 is 0 Å². The van der Waals surface area contributed by atoms with Gasteiger partial charge in [-0.05, 0) is 31.2 Å². The second kappa shape index (κ2) is 10.6. The molecule has 31 heavy (non-hydrogen) atoms. The number of carbonyl (C=O) groups excluding carboxylic acids is 2. The molecule has 1 amide bonds. The number of nitro benzene ring substituents is 1. The van der Waals surface area contributed by atoms with E-state index in [9.17, 15) is 19.7 Å². The van der Waals surface area contributed by atoms with Crippen LogP contribution in [0.15, 0.2) is 49.1 Å². The van der Waals surface area contributed by atoms with Gasteiger partial charge in [0.1, 0.15) is 12.4 Å². The molecule has 10 nitrogen and oxygen atoms in total. The summed E-state index contributed by atoms with van der Waals surface area (Å²) in [6.07, 6.45) is 0.372. The number of rotatable bonds is 10. The van der Waals surface area contributed by atoms with Crippen molar-refractivity contribution in [1.29, 1.82) is 0 Å². The Kier molecular flexibility index (Phi) is 7.95. The van der Waals surface area contributed by atoms with E-state index in [2.05, 4.69) is 11.9 Å². The first-order valence-electron chi connectivity index (χ1n) is 9.06. The van der Waals surface area contributed by atoms with Crippen molar-refractivity contribution in [1.82, 2.24) is 0 Å². The number of anilines is 1. The summed E-state index contributed by atoms with van der Waals surface area (Å²) in [6.45, 7) is 5.19. The molecule has 2 rings (SSSR count). The number of carbonyl (C=O) groups is 2. The lowest BCUT2D eigenvalue weighted by atomic mass is 10.2. The van der Waals surface area contributed by atoms with Crippen LogP contribution in [0.5, 0.6) is 17.2 Å². The van der Waals surface area contributed by atoms with E-state index in [4.69, 9.17) is 18.9 Å². The molecule has 0 radical (unpaired) electrons. The summed E-state index contributed by atoms with van der Waals surface area (Å²) in [6, 6.07) is 8.18. The van der Waals surface area contributed by atoms with E-state index in [1.54, 1.807) is 6.08 Å². The first-order valence-corrected chi connectivity index (χ1v) is 9.06. The molecule has 10 heteroatoms. The van der Waals surface area contributed by atoms with Gasteiger partial charge in [0, 0.05) is 12.1 Å². The number of amides is 1. The van der Waals surface area contributed by atoms with Crippen LogP contribution in [0.1, 0.15) is 17.3 Å². The van der Waals surface area contributed by atoms with Crippen LogP contribution < -0.4 is 19.5 Å². The summed E-state index contributed by atoms with van der Waals surface area (Å²) in [5.41, 5.74) is -0.00280. The van der Waals surface area contributed by atoms with Gasteiger partial charge >= 0.3 is 5.97 Å². The molecule has 0 aliphatic carbocycles. The van der Waals surface area contributed by atoms with Gasteiger partial charge in [0.05, 0.1) is 30.4 Å². The zero-order valence-corrected chi connectivity index (χ0v) is 17.2. The van der Waals surface area contributed by atoms with Crippen LogP contribution in [-0.2, 0) is 9.53 Å². The van der Waals surface area contributed by atoms with Crippen LogP contribution in [0.2, 0.25) is 0 Å². The predicted molar refractivity (Wildman–Crippen MR) is 112 cm³/mol. The average Bonchev–Trinajstić information content (AvgIpc) is 2.77. The quantitative estimate of drug-likeness (QED) is 0.263. The molecule has 0 heterocycles. The fourth-order valence-corrected chi connectivity index (χ4v) is 2.49. The third kappa shape index (κ3) is 5.95. The Morgan fingerprint density at radius 1 is 1.13 bits per heavy atom. The summed E-state index contributed by atoms with van der Waals surface area (Å²) in [5.74, 6) is -0.498. The number of nitro groups is 1. The number of non-ortho nitro benzene ring substituents is 1. The SMILES string of the molecule is C=CCOc1ccc(C(=O)OC(C)C(=O)Nc2cc([N+](=O)[O-])ccc2OC)cc1OC. The van der Waals surface area contributed by atoms with Crippen LogP contribution in [0.25, 0.3) is 0 Å². The number of ether oxygens (including phenoxy) is 4. The Morgan fingerprint density at radius 2 is 1.81 bits per heavy atom. The Bertz CT molecular complexity index is 989. The van der Waals surface area contributed by atoms with E-state index in [1.807, 2.05) is 0 Å². The molecular formula is C21H22N2O8. The zero-order chi connectivity index (χ0) is 23.0. The van der Waals surface area contributed by atoms with Gasteiger partial charge in [0.25, 0.3) is 11.6 Å². The van der Waals surface area contributed by atoms with E-state index in [0.29, 0.717) is 11.5 Å². The Hall–Kier alpha value is -4.08. The van der Waals surface area contributed by atoms with Crippen LogP contribution in [0.4, 0.5) is 11.4 Å². The van der Waals surface area contributed by atoms with E-state index in [0.717, 1.165) is 6.07 Å². The fraction of sp³-hybridized carbons (Fsp3) is 0.238. The maximum Gasteiger partial charge on any atom is 0.339 e. The second-order valence-electron chi connectivity index (χ2n) is 6.14. The summed E-state index contributed by atoms with van der Waals surface area (Å²) >= 11 is 0. The highest BCUT2D eigenvalue weighted by atomic mass is 16.6. The van der Waals surface area contributed by atoms with Gasteiger partial charge in [-0.2, -0.15) is 0 Å². The van der Waals surface area contributed by atoms with E-state index in [1.165, 1.54) is 51.5 Å². The van der Waals surface area contributed by atoms with Crippen molar-refractivity contribution in [2.45, 2.75) is 13.0 Å². The minimum absolute atomic E-state index is 0.0787. The fourth-order valence-electron chi connectivity index (χ4n) is 2.49. The van der Waals surface area contributed by atoms with Crippen LogP contribution in [-0.4, -0.2) is 43.7 Å². The van der Waals surface area contributed by atoms with Crippen molar-refractivity contribution in [2.75, 3.05) is 26.1 Å². The summed E-state index contributed by atoms with van der Waals surface area (Å²) in [5, 5.41) is 13.4. The van der Waals surface area contributed by atoms with Gasteiger partial charge in [-0.15, -0.1) is 0 Å². The number of hydrogen-bond donors (Lipinski definition) is 1. The molecule has 0 bridgehead atoms. The summed E-state index contributed by atoms with van der Waals surface area (Å²) in [4.78, 5) is 35.3. The highest BCUT2D eigenvalue weighted by Crippen LogP contribution is 2.30. The van der Waals surface area contributed by atoms with Crippen LogP contribution in [0.3, 0.4) is 0 Å². The largest absolute Gasteiger partial charge is 0.495 e. The third-order valence-corrected chi connectivity index (χ3v) is 4.06. The van der Waals surface area contributed by atoms with Gasteiger partial charge in [0.15, 0.2) is 17.6 Å². The number of benzene rings is 2. The molecule has 0 spiro atoms. The number of nitrogens with one attached hydrogen (secondary N) is 1. The molecule has 1 N–H and O–H groups in total. The predicted octanol–water partition coefficient (Wildman–Crippen LogP) is 3.36. The second-order valence-corrected chi connectivity index (χ2v) is 6.14. The maximum atomic E-state index is 12.5. The lowest BCUT2D eigenvalue weighted by molar-refractivity contribution is -0.384. The minimum atomic E-state index is -1.20. The highest BCUT2D eigenvalue weighted by Gasteiger charge is 2.22. The van der Waals surface area contributed by atoms with E-state index in [-0.39, 0.29) is 29.3 Å². The van der Waals surface area contributed by atoms with E-state index < -0.39 is 22.9 Å². The Morgan fingerprint density at radius 3 is 2.42 bits per heavy atom. The zero-order valence-electron chi connectivity index (χ0n) is 17.2. The molecule has 2 aromatic carbocycles. The monoisotopic (exact) mass is 430 g/mol. The highest BCUT2D eigenvalue weighted by molar-refractivity contribution is 5.98. The number of esters is 1. The topological polar surface area (TPSA) is 126 Å². The molecule has 0 fully saturated rings. The molecule has 0 aromatic heterocycles. The summed E-state index contributed by atoms with van der Waals surface area (Å²) in [7, 11) is 2.78. The van der Waals surface area contributed by atoms with Crippen molar-refractivity contribution in [3.8, 4) is 17.2 Å².